The first kappa shape index (κ1) is 20.1. The number of carbonyl (C=O) groups is 2. The number of aliphatic hydroxyl groups is 1. The van der Waals surface area contributed by atoms with Crippen molar-refractivity contribution >= 4 is 11.8 Å². The summed E-state index contributed by atoms with van der Waals surface area (Å²) in [5, 5.41) is 9.88. The smallest absolute Gasteiger partial charge is 0.249 e. The van der Waals surface area contributed by atoms with Gasteiger partial charge < -0.3 is 19.6 Å². The lowest BCUT2D eigenvalue weighted by Gasteiger charge is -2.58. The molecule has 1 aromatic heterocycles. The van der Waals surface area contributed by atoms with Gasteiger partial charge in [0.1, 0.15) is 6.61 Å². The van der Waals surface area contributed by atoms with Crippen LogP contribution in [0.15, 0.2) is 48.8 Å². The summed E-state index contributed by atoms with van der Waals surface area (Å²) in [5.41, 5.74) is 2.74. The highest BCUT2D eigenvalue weighted by atomic mass is 16.5. The molecule has 2 aliphatic heterocycles. The topological polar surface area (TPSA) is 83.0 Å². The summed E-state index contributed by atoms with van der Waals surface area (Å²) >= 11 is 0. The standard InChI is InChI=1S/C23H23N3O4/c1-30-15-22(29)25-12-19-23(20(14-27)26(19)21(28)13-25)18-8-6-16(7-9-18)4-5-17-3-2-10-24-11-17/h2-3,6-11,19-20,23,27H,12-15H2,1H3/t19-,20-,23-/m0/s1. The Bertz CT molecular complexity index is 981. The van der Waals surface area contributed by atoms with Crippen molar-refractivity contribution < 1.29 is 19.4 Å². The Morgan fingerprint density at radius 3 is 2.67 bits per heavy atom. The van der Waals surface area contributed by atoms with Gasteiger partial charge in [0, 0.05) is 43.1 Å². The highest BCUT2D eigenvalue weighted by Crippen LogP contribution is 2.42. The number of fused-ring (bicyclic) bond motifs is 1. The molecule has 0 aliphatic carbocycles. The number of ether oxygens (including phenoxy) is 1. The third kappa shape index (κ3) is 3.80. The van der Waals surface area contributed by atoms with Crippen molar-refractivity contribution in [3.05, 3.63) is 65.5 Å². The summed E-state index contributed by atoms with van der Waals surface area (Å²) in [6.45, 7) is 0.322. The number of carbonyl (C=O) groups excluding carboxylic acids is 2. The van der Waals surface area contributed by atoms with Crippen LogP contribution in [0, 0.1) is 11.8 Å². The lowest BCUT2D eigenvalue weighted by atomic mass is 9.73. The minimum absolute atomic E-state index is 0.0302. The van der Waals surface area contributed by atoms with Crippen LogP contribution in [-0.4, -0.2) is 77.2 Å². The minimum Gasteiger partial charge on any atom is -0.394 e. The van der Waals surface area contributed by atoms with E-state index in [0.717, 1.165) is 16.7 Å². The lowest BCUT2D eigenvalue weighted by molar-refractivity contribution is -0.168. The van der Waals surface area contributed by atoms with Crippen molar-refractivity contribution in [3.63, 3.8) is 0 Å². The molecule has 2 aromatic rings. The molecule has 0 saturated carbocycles. The summed E-state index contributed by atoms with van der Waals surface area (Å²) in [6, 6.07) is 11.2. The fourth-order valence-electron chi connectivity index (χ4n) is 4.27. The van der Waals surface area contributed by atoms with Crippen molar-refractivity contribution in [2.75, 3.05) is 33.4 Å². The third-order valence-electron chi connectivity index (χ3n) is 5.68. The molecule has 0 spiro atoms. The molecule has 2 amide bonds. The molecule has 1 aromatic carbocycles. The average molecular weight is 405 g/mol. The van der Waals surface area contributed by atoms with E-state index >= 15 is 0 Å². The van der Waals surface area contributed by atoms with Crippen molar-refractivity contribution in [2.24, 2.45) is 0 Å². The summed E-state index contributed by atoms with van der Waals surface area (Å²) < 4.78 is 4.92. The third-order valence-corrected chi connectivity index (χ3v) is 5.68. The second-order valence-corrected chi connectivity index (χ2v) is 7.47. The molecule has 7 nitrogen and oxygen atoms in total. The summed E-state index contributed by atoms with van der Waals surface area (Å²) in [7, 11) is 1.46. The first-order chi connectivity index (χ1) is 14.6. The quantitative estimate of drug-likeness (QED) is 0.755. The molecule has 4 rings (SSSR count). The van der Waals surface area contributed by atoms with Crippen molar-refractivity contribution in [2.45, 2.75) is 18.0 Å². The fourth-order valence-corrected chi connectivity index (χ4v) is 4.27. The van der Waals surface area contributed by atoms with Crippen LogP contribution in [0.5, 0.6) is 0 Å². The Labute approximate surface area is 175 Å². The number of methoxy groups -OCH3 is 1. The number of amides is 2. The molecule has 0 radical (unpaired) electrons. The zero-order chi connectivity index (χ0) is 21.1. The van der Waals surface area contributed by atoms with E-state index in [9.17, 15) is 14.7 Å². The van der Waals surface area contributed by atoms with Gasteiger partial charge in [-0.15, -0.1) is 0 Å². The largest absolute Gasteiger partial charge is 0.394 e. The van der Waals surface area contributed by atoms with E-state index in [-0.39, 0.29) is 49.6 Å². The molecule has 0 unspecified atom stereocenters. The molecule has 7 heteroatoms. The molecule has 3 heterocycles. The molecule has 2 saturated heterocycles. The molecule has 2 aliphatic rings. The van der Waals surface area contributed by atoms with E-state index in [0.29, 0.717) is 6.54 Å². The van der Waals surface area contributed by atoms with Gasteiger partial charge in [0.25, 0.3) is 0 Å². The number of nitrogens with zero attached hydrogens (tertiary/aromatic N) is 3. The summed E-state index contributed by atoms with van der Waals surface area (Å²) in [4.78, 5) is 32.1. The van der Waals surface area contributed by atoms with Crippen LogP contribution >= 0.6 is 0 Å². The van der Waals surface area contributed by atoms with Crippen LogP contribution in [0.4, 0.5) is 0 Å². The second kappa shape index (κ2) is 8.66. The Balaban J connectivity index is 1.52. The van der Waals surface area contributed by atoms with Crippen molar-refractivity contribution in [3.8, 4) is 11.8 Å². The molecule has 1 N–H and O–H groups in total. The van der Waals surface area contributed by atoms with Gasteiger partial charge >= 0.3 is 0 Å². The first-order valence-electron chi connectivity index (χ1n) is 9.83. The zero-order valence-corrected chi connectivity index (χ0v) is 16.7. The number of piperazine rings is 1. The van der Waals surface area contributed by atoms with E-state index in [2.05, 4.69) is 16.8 Å². The van der Waals surface area contributed by atoms with Gasteiger partial charge in [-0.25, -0.2) is 0 Å². The minimum atomic E-state index is -0.269. The number of hydrogen-bond acceptors (Lipinski definition) is 5. The summed E-state index contributed by atoms with van der Waals surface area (Å²) in [5.74, 6) is 5.83. The van der Waals surface area contributed by atoms with Gasteiger partial charge in [-0.2, -0.15) is 0 Å². The fraction of sp³-hybridized carbons (Fsp3) is 0.348. The normalized spacial score (nSPS) is 22.6. The Kier molecular flexibility index (Phi) is 5.79. The van der Waals surface area contributed by atoms with E-state index in [1.807, 2.05) is 36.4 Å². The van der Waals surface area contributed by atoms with Crippen LogP contribution in [-0.2, 0) is 14.3 Å². The van der Waals surface area contributed by atoms with Gasteiger partial charge in [0.15, 0.2) is 0 Å². The van der Waals surface area contributed by atoms with E-state index in [1.54, 1.807) is 22.2 Å². The molecule has 0 bridgehead atoms. The first-order valence-corrected chi connectivity index (χ1v) is 9.83. The van der Waals surface area contributed by atoms with Crippen molar-refractivity contribution in [1.29, 1.82) is 0 Å². The Morgan fingerprint density at radius 2 is 2.00 bits per heavy atom. The van der Waals surface area contributed by atoms with E-state index < -0.39 is 0 Å². The predicted molar refractivity (Wildman–Crippen MR) is 109 cm³/mol. The highest BCUT2D eigenvalue weighted by Gasteiger charge is 2.54. The number of rotatable bonds is 4. The molecule has 30 heavy (non-hydrogen) atoms. The van der Waals surface area contributed by atoms with Gasteiger partial charge in [-0.1, -0.05) is 24.0 Å². The van der Waals surface area contributed by atoms with Crippen molar-refractivity contribution in [1.82, 2.24) is 14.8 Å². The summed E-state index contributed by atoms with van der Waals surface area (Å²) in [6.07, 6.45) is 3.42. The zero-order valence-electron chi connectivity index (χ0n) is 16.7. The Hall–Kier alpha value is -3.21. The SMILES string of the molecule is COCC(=O)N1CC(=O)N2[C@@H](CO)[C@@H](c3ccc(C#Cc4cccnc4)cc3)[C@@H]2C1. The molecular formula is C23H23N3O4. The van der Waals surface area contributed by atoms with E-state index in [1.165, 1.54) is 7.11 Å². The number of aromatic nitrogens is 1. The van der Waals surface area contributed by atoms with Crippen LogP contribution in [0.3, 0.4) is 0 Å². The van der Waals surface area contributed by atoms with Gasteiger partial charge in [-0.05, 0) is 29.8 Å². The average Bonchev–Trinajstić information content (AvgIpc) is 2.75. The van der Waals surface area contributed by atoms with Crippen LogP contribution in [0.2, 0.25) is 0 Å². The van der Waals surface area contributed by atoms with Crippen LogP contribution in [0.25, 0.3) is 0 Å². The number of aliphatic hydroxyl groups excluding tert-OH is 1. The highest BCUT2D eigenvalue weighted by molar-refractivity contribution is 5.88. The van der Waals surface area contributed by atoms with Crippen LogP contribution < -0.4 is 0 Å². The van der Waals surface area contributed by atoms with E-state index in [4.69, 9.17) is 4.74 Å². The molecule has 154 valence electrons. The van der Waals surface area contributed by atoms with Gasteiger partial charge in [0.2, 0.25) is 11.8 Å². The maximum Gasteiger partial charge on any atom is 0.249 e. The maximum absolute atomic E-state index is 12.6. The molecule has 3 atom stereocenters. The predicted octanol–water partition coefficient (Wildman–Crippen LogP) is 0.625. The van der Waals surface area contributed by atoms with Gasteiger partial charge in [0.05, 0.1) is 25.2 Å². The van der Waals surface area contributed by atoms with Gasteiger partial charge in [-0.3, -0.25) is 14.6 Å². The molecule has 2 fully saturated rings. The number of benzene rings is 1. The maximum atomic E-state index is 12.6. The second-order valence-electron chi connectivity index (χ2n) is 7.47. The number of pyridine rings is 1. The lowest BCUT2D eigenvalue weighted by Crippen LogP contribution is -2.73. The Morgan fingerprint density at radius 1 is 1.23 bits per heavy atom. The monoisotopic (exact) mass is 405 g/mol. The van der Waals surface area contributed by atoms with Crippen LogP contribution in [0.1, 0.15) is 22.6 Å². The molecular weight excluding hydrogens is 382 g/mol. The number of hydrogen-bond donors (Lipinski definition) is 1.